The first kappa shape index (κ1) is 20.1. The molecule has 2 amide bonds. The second-order valence-corrected chi connectivity index (χ2v) is 7.96. The lowest BCUT2D eigenvalue weighted by Crippen LogP contribution is -2.28. The Morgan fingerprint density at radius 2 is 1.73 bits per heavy atom. The molecule has 0 aliphatic carbocycles. The highest BCUT2D eigenvalue weighted by atomic mass is 32.2. The maximum absolute atomic E-state index is 14.0. The van der Waals surface area contributed by atoms with Gasteiger partial charge in [0.2, 0.25) is 5.91 Å². The molecule has 0 radical (unpaired) electrons. The summed E-state index contributed by atoms with van der Waals surface area (Å²) in [6.45, 7) is 1.66. The van der Waals surface area contributed by atoms with Crippen LogP contribution >= 0.6 is 11.8 Å². The summed E-state index contributed by atoms with van der Waals surface area (Å²) in [7, 11) is 0. The van der Waals surface area contributed by atoms with Crippen molar-refractivity contribution >= 4 is 35.0 Å². The van der Waals surface area contributed by atoms with Crippen LogP contribution in [-0.4, -0.2) is 17.6 Å². The molecule has 4 nitrogen and oxygen atoms in total. The molecular formula is C23H18F2N2O2S. The van der Waals surface area contributed by atoms with Gasteiger partial charge in [0.05, 0.1) is 11.4 Å². The zero-order valence-corrected chi connectivity index (χ0v) is 16.9. The molecule has 3 aromatic rings. The molecule has 1 aliphatic rings. The van der Waals surface area contributed by atoms with Crippen LogP contribution in [0.1, 0.15) is 26.9 Å². The number of thioether (sulfide) groups is 1. The number of rotatable bonds is 4. The van der Waals surface area contributed by atoms with E-state index in [1.54, 1.807) is 36.1 Å². The van der Waals surface area contributed by atoms with E-state index < -0.39 is 5.82 Å². The van der Waals surface area contributed by atoms with Crippen LogP contribution in [0, 0.1) is 18.6 Å². The van der Waals surface area contributed by atoms with E-state index in [1.807, 2.05) is 12.1 Å². The van der Waals surface area contributed by atoms with Crippen LogP contribution in [0.3, 0.4) is 0 Å². The molecule has 7 heteroatoms. The van der Waals surface area contributed by atoms with Crippen molar-refractivity contribution < 1.29 is 18.4 Å². The summed E-state index contributed by atoms with van der Waals surface area (Å²) in [4.78, 5) is 26.4. The van der Waals surface area contributed by atoms with Gasteiger partial charge in [-0.3, -0.25) is 14.5 Å². The quantitative estimate of drug-likeness (QED) is 0.618. The highest BCUT2D eigenvalue weighted by Crippen LogP contribution is 2.43. The van der Waals surface area contributed by atoms with Crippen molar-refractivity contribution in [1.82, 2.24) is 0 Å². The summed E-state index contributed by atoms with van der Waals surface area (Å²) in [6, 6.07) is 17.2. The summed E-state index contributed by atoms with van der Waals surface area (Å²) in [6.07, 6.45) is 0. The first-order valence-electron chi connectivity index (χ1n) is 9.29. The zero-order chi connectivity index (χ0) is 21.3. The van der Waals surface area contributed by atoms with Gasteiger partial charge in [-0.15, -0.1) is 11.8 Å². The molecule has 1 atom stereocenters. The number of anilines is 2. The predicted octanol–water partition coefficient (Wildman–Crippen LogP) is 5.30. The number of carbonyl (C=O) groups excluding carboxylic acids is 2. The van der Waals surface area contributed by atoms with Gasteiger partial charge in [0.1, 0.15) is 17.0 Å². The van der Waals surface area contributed by atoms with Crippen LogP contribution in [0.2, 0.25) is 0 Å². The van der Waals surface area contributed by atoms with Crippen molar-refractivity contribution in [1.29, 1.82) is 0 Å². The fraction of sp³-hybridized carbons (Fsp3) is 0.130. The molecule has 0 saturated carbocycles. The van der Waals surface area contributed by atoms with E-state index in [-0.39, 0.29) is 23.0 Å². The Hall–Kier alpha value is -3.19. The van der Waals surface area contributed by atoms with Gasteiger partial charge in [-0.05, 0) is 61.0 Å². The Bertz CT molecular complexity index is 1100. The van der Waals surface area contributed by atoms with E-state index in [0.29, 0.717) is 28.3 Å². The third kappa shape index (κ3) is 3.93. The molecule has 30 heavy (non-hydrogen) atoms. The van der Waals surface area contributed by atoms with Crippen molar-refractivity contribution in [3.63, 3.8) is 0 Å². The first-order chi connectivity index (χ1) is 14.4. The fourth-order valence-electron chi connectivity index (χ4n) is 3.32. The number of hydrogen-bond acceptors (Lipinski definition) is 3. The van der Waals surface area contributed by atoms with E-state index in [9.17, 15) is 18.4 Å². The number of amides is 2. The minimum absolute atomic E-state index is 0.0765. The van der Waals surface area contributed by atoms with E-state index in [2.05, 4.69) is 5.32 Å². The SMILES string of the molecule is Cc1c(F)cccc1N1C(=O)CS[C@@H]1c1ccc(NC(=O)c2ccc(F)cc2)cc1. The summed E-state index contributed by atoms with van der Waals surface area (Å²) < 4.78 is 27.0. The third-order valence-corrected chi connectivity index (χ3v) is 6.14. The molecule has 4 rings (SSSR count). The molecule has 3 aromatic carbocycles. The molecule has 1 aliphatic heterocycles. The minimum atomic E-state index is -0.405. The smallest absolute Gasteiger partial charge is 0.255 e. The lowest BCUT2D eigenvalue weighted by atomic mass is 10.1. The molecule has 0 aromatic heterocycles. The molecule has 1 saturated heterocycles. The van der Waals surface area contributed by atoms with Gasteiger partial charge in [-0.2, -0.15) is 0 Å². The van der Waals surface area contributed by atoms with Gasteiger partial charge in [0.25, 0.3) is 5.91 Å². The maximum Gasteiger partial charge on any atom is 0.255 e. The first-order valence-corrected chi connectivity index (χ1v) is 10.3. The Labute approximate surface area is 176 Å². The molecular weight excluding hydrogens is 406 g/mol. The van der Waals surface area contributed by atoms with Crippen LogP contribution in [-0.2, 0) is 4.79 Å². The summed E-state index contributed by atoms with van der Waals surface area (Å²) in [5, 5.41) is 2.49. The standard InChI is InChI=1S/C23H18F2N2O2S/c1-14-19(25)3-2-4-20(14)27-21(28)13-30-23(27)16-7-11-18(12-8-16)26-22(29)15-5-9-17(24)10-6-15/h2-12,23H,13H2,1H3,(H,26,29)/t23-/m1/s1. The van der Waals surface area contributed by atoms with E-state index in [1.165, 1.54) is 42.1 Å². The molecule has 1 N–H and O–H groups in total. The van der Waals surface area contributed by atoms with Crippen molar-refractivity contribution in [2.75, 3.05) is 16.0 Å². The molecule has 152 valence electrons. The van der Waals surface area contributed by atoms with E-state index in [4.69, 9.17) is 0 Å². The Kier molecular flexibility index (Phi) is 5.55. The van der Waals surface area contributed by atoms with Crippen LogP contribution in [0.5, 0.6) is 0 Å². The molecule has 0 spiro atoms. The van der Waals surface area contributed by atoms with Gasteiger partial charge < -0.3 is 5.32 Å². The maximum atomic E-state index is 14.0. The van der Waals surface area contributed by atoms with Gasteiger partial charge >= 0.3 is 0 Å². The normalized spacial score (nSPS) is 16.0. The largest absolute Gasteiger partial charge is 0.322 e. The summed E-state index contributed by atoms with van der Waals surface area (Å²) in [5.41, 5.74) is 2.79. The highest BCUT2D eigenvalue weighted by molar-refractivity contribution is 8.00. The van der Waals surface area contributed by atoms with Crippen LogP contribution in [0.25, 0.3) is 0 Å². The number of halogens is 2. The molecule has 1 fully saturated rings. The fourth-order valence-corrected chi connectivity index (χ4v) is 4.49. The second kappa shape index (κ2) is 8.28. The third-order valence-electron chi connectivity index (χ3n) is 4.93. The lowest BCUT2D eigenvalue weighted by Gasteiger charge is -2.26. The molecule has 0 bridgehead atoms. The number of hydrogen-bond donors (Lipinski definition) is 1. The van der Waals surface area contributed by atoms with Crippen molar-refractivity contribution in [2.45, 2.75) is 12.3 Å². The Morgan fingerprint density at radius 3 is 2.43 bits per heavy atom. The predicted molar refractivity (Wildman–Crippen MR) is 115 cm³/mol. The highest BCUT2D eigenvalue weighted by Gasteiger charge is 2.35. The lowest BCUT2D eigenvalue weighted by molar-refractivity contribution is -0.115. The molecule has 1 heterocycles. The van der Waals surface area contributed by atoms with Crippen LogP contribution in [0.4, 0.5) is 20.2 Å². The average Bonchev–Trinajstić information content (AvgIpc) is 3.12. The van der Waals surface area contributed by atoms with Gasteiger partial charge in [-0.25, -0.2) is 8.78 Å². The zero-order valence-electron chi connectivity index (χ0n) is 16.1. The topological polar surface area (TPSA) is 49.4 Å². The van der Waals surface area contributed by atoms with Crippen LogP contribution in [0.15, 0.2) is 66.7 Å². The van der Waals surface area contributed by atoms with Gasteiger partial charge in [0, 0.05) is 16.8 Å². The van der Waals surface area contributed by atoms with E-state index in [0.717, 1.165) is 5.56 Å². The van der Waals surface area contributed by atoms with Gasteiger partial charge in [-0.1, -0.05) is 18.2 Å². The summed E-state index contributed by atoms with van der Waals surface area (Å²) >= 11 is 1.47. The van der Waals surface area contributed by atoms with Crippen molar-refractivity contribution in [3.05, 3.63) is 95.1 Å². The van der Waals surface area contributed by atoms with E-state index >= 15 is 0 Å². The number of carbonyl (C=O) groups is 2. The Morgan fingerprint density at radius 1 is 1.03 bits per heavy atom. The average molecular weight is 424 g/mol. The van der Waals surface area contributed by atoms with Crippen molar-refractivity contribution in [3.8, 4) is 0 Å². The van der Waals surface area contributed by atoms with Crippen molar-refractivity contribution in [2.24, 2.45) is 0 Å². The monoisotopic (exact) mass is 424 g/mol. The van der Waals surface area contributed by atoms with Crippen LogP contribution < -0.4 is 10.2 Å². The number of nitrogens with zero attached hydrogens (tertiary/aromatic N) is 1. The molecule has 0 unspecified atom stereocenters. The summed E-state index contributed by atoms with van der Waals surface area (Å²) in [5.74, 6) is -0.867. The van der Waals surface area contributed by atoms with Gasteiger partial charge in [0.15, 0.2) is 0 Å². The number of nitrogens with one attached hydrogen (secondary N) is 1. The second-order valence-electron chi connectivity index (χ2n) is 6.89. The number of benzene rings is 3. The Balaban J connectivity index is 1.54. The minimum Gasteiger partial charge on any atom is -0.322 e.